The molecule has 1 atom stereocenters. The van der Waals surface area contributed by atoms with Gasteiger partial charge in [0.2, 0.25) is 11.8 Å². The molecule has 2 heterocycles. The molecule has 4 rings (SSSR count). The molecule has 1 N–H and O–H groups in total. The Balaban J connectivity index is 1.30. The topological polar surface area (TPSA) is 62.3 Å². The van der Waals surface area contributed by atoms with Crippen molar-refractivity contribution in [3.05, 3.63) is 70.7 Å². The van der Waals surface area contributed by atoms with Crippen LogP contribution in [-0.4, -0.2) is 29.9 Å². The molecule has 3 aromatic rings. The highest BCUT2D eigenvalue weighted by atomic mass is 32.1. The number of halogens is 2. The molecule has 0 aliphatic carbocycles. The van der Waals surface area contributed by atoms with Crippen LogP contribution in [0.4, 0.5) is 14.5 Å². The molecule has 0 radical (unpaired) electrons. The van der Waals surface area contributed by atoms with Gasteiger partial charge in [0.1, 0.15) is 16.6 Å². The average Bonchev–Trinajstić information content (AvgIpc) is 3.35. The number of nitrogens with one attached hydrogen (secondary N) is 1. The molecule has 1 aliphatic rings. The maximum atomic E-state index is 13.5. The lowest BCUT2D eigenvalue weighted by Crippen LogP contribution is -2.34. The van der Waals surface area contributed by atoms with Gasteiger partial charge in [-0.3, -0.25) is 9.59 Å². The predicted octanol–water partition coefficient (Wildman–Crippen LogP) is 4.11. The second-order valence-corrected chi connectivity index (χ2v) is 8.44. The monoisotopic (exact) mass is 441 g/mol. The lowest BCUT2D eigenvalue weighted by Gasteiger charge is -2.17. The molecule has 0 bridgehead atoms. The number of thiazole rings is 1. The molecule has 1 aliphatic heterocycles. The maximum Gasteiger partial charge on any atom is 0.227 e. The lowest BCUT2D eigenvalue weighted by molar-refractivity contribution is -0.126. The molecule has 160 valence electrons. The van der Waals surface area contributed by atoms with Gasteiger partial charge in [0, 0.05) is 48.6 Å². The zero-order valence-corrected chi connectivity index (χ0v) is 17.7. The molecular weight excluding hydrogens is 420 g/mol. The van der Waals surface area contributed by atoms with E-state index in [1.54, 1.807) is 11.3 Å². The van der Waals surface area contributed by atoms with E-state index in [0.717, 1.165) is 34.5 Å². The number of amides is 2. The van der Waals surface area contributed by atoms with Gasteiger partial charge in [-0.15, -0.1) is 11.3 Å². The van der Waals surface area contributed by atoms with Crippen molar-refractivity contribution in [3.8, 4) is 10.6 Å². The fourth-order valence-corrected chi connectivity index (χ4v) is 4.40. The molecule has 1 fully saturated rings. The summed E-state index contributed by atoms with van der Waals surface area (Å²) in [6, 6.07) is 11.1. The van der Waals surface area contributed by atoms with Crippen LogP contribution in [-0.2, 0) is 16.0 Å². The van der Waals surface area contributed by atoms with E-state index in [4.69, 9.17) is 0 Å². The standard InChI is InChI=1S/C23H21F2N3O2S/c1-14-2-4-15(5-3-14)23-27-19(13-31-23)6-7-26-22(30)16-8-21(29)28(12-16)20-10-17(24)9-18(25)11-20/h2-5,9-11,13,16H,6-8,12H2,1H3,(H,26,30). The normalized spacial score (nSPS) is 16.0. The van der Waals surface area contributed by atoms with Crippen LogP contribution in [0.25, 0.3) is 10.6 Å². The van der Waals surface area contributed by atoms with Crippen molar-refractivity contribution in [1.82, 2.24) is 10.3 Å². The van der Waals surface area contributed by atoms with Crippen molar-refractivity contribution in [2.45, 2.75) is 19.8 Å². The largest absolute Gasteiger partial charge is 0.355 e. The summed E-state index contributed by atoms with van der Waals surface area (Å²) in [5, 5.41) is 5.75. The number of carbonyl (C=O) groups excluding carboxylic acids is 2. The van der Waals surface area contributed by atoms with Crippen molar-refractivity contribution in [2.75, 3.05) is 18.0 Å². The van der Waals surface area contributed by atoms with Gasteiger partial charge in [-0.2, -0.15) is 0 Å². The summed E-state index contributed by atoms with van der Waals surface area (Å²) in [7, 11) is 0. The summed E-state index contributed by atoms with van der Waals surface area (Å²) >= 11 is 1.56. The van der Waals surface area contributed by atoms with Gasteiger partial charge in [0.25, 0.3) is 0 Å². The summed E-state index contributed by atoms with van der Waals surface area (Å²) in [5.41, 5.74) is 3.27. The number of carbonyl (C=O) groups is 2. The zero-order valence-electron chi connectivity index (χ0n) is 16.9. The summed E-state index contributed by atoms with van der Waals surface area (Å²) in [6.45, 7) is 2.53. The molecule has 31 heavy (non-hydrogen) atoms. The molecule has 1 unspecified atom stereocenters. The third-order valence-electron chi connectivity index (χ3n) is 5.19. The molecule has 0 saturated carbocycles. The smallest absolute Gasteiger partial charge is 0.227 e. The SMILES string of the molecule is Cc1ccc(-c2nc(CCNC(=O)C3CC(=O)N(c4cc(F)cc(F)c4)C3)cs2)cc1. The highest BCUT2D eigenvalue weighted by Gasteiger charge is 2.35. The quantitative estimate of drug-likeness (QED) is 0.626. The summed E-state index contributed by atoms with van der Waals surface area (Å²) < 4.78 is 26.9. The summed E-state index contributed by atoms with van der Waals surface area (Å²) in [6.07, 6.45) is 0.589. The Labute approximate surface area is 182 Å². The van der Waals surface area contributed by atoms with Crippen molar-refractivity contribution in [2.24, 2.45) is 5.92 Å². The van der Waals surface area contributed by atoms with Crippen molar-refractivity contribution < 1.29 is 18.4 Å². The first-order valence-corrected chi connectivity index (χ1v) is 10.8. The number of aromatic nitrogens is 1. The van der Waals surface area contributed by atoms with Crippen LogP contribution in [0.1, 0.15) is 17.7 Å². The summed E-state index contributed by atoms with van der Waals surface area (Å²) in [5.74, 6) is -2.65. The minimum absolute atomic E-state index is 0.0121. The van der Waals surface area contributed by atoms with E-state index >= 15 is 0 Å². The molecule has 2 aromatic carbocycles. The van der Waals surface area contributed by atoms with E-state index in [0.29, 0.717) is 13.0 Å². The van der Waals surface area contributed by atoms with Gasteiger partial charge in [-0.05, 0) is 19.1 Å². The first kappa shape index (κ1) is 21.1. The predicted molar refractivity (Wildman–Crippen MR) is 116 cm³/mol. The van der Waals surface area contributed by atoms with E-state index in [1.807, 2.05) is 36.6 Å². The third-order valence-corrected chi connectivity index (χ3v) is 6.13. The minimum atomic E-state index is -0.760. The minimum Gasteiger partial charge on any atom is -0.355 e. The van der Waals surface area contributed by atoms with Gasteiger partial charge in [-0.1, -0.05) is 29.8 Å². The van der Waals surface area contributed by atoms with Crippen molar-refractivity contribution in [1.29, 1.82) is 0 Å². The van der Waals surface area contributed by atoms with E-state index in [2.05, 4.69) is 10.3 Å². The Bertz CT molecular complexity index is 1090. The van der Waals surface area contributed by atoms with Gasteiger partial charge in [0.15, 0.2) is 0 Å². The van der Waals surface area contributed by atoms with Gasteiger partial charge < -0.3 is 10.2 Å². The van der Waals surface area contributed by atoms with Crippen LogP contribution in [0.15, 0.2) is 47.8 Å². The highest BCUT2D eigenvalue weighted by molar-refractivity contribution is 7.13. The fourth-order valence-electron chi connectivity index (χ4n) is 3.54. The molecule has 1 saturated heterocycles. The number of nitrogens with zero attached hydrogens (tertiary/aromatic N) is 2. The molecule has 2 amide bonds. The maximum absolute atomic E-state index is 13.5. The fraction of sp³-hybridized carbons (Fsp3) is 0.261. The number of benzene rings is 2. The Morgan fingerprint density at radius 2 is 1.90 bits per heavy atom. The first-order valence-electron chi connectivity index (χ1n) is 9.94. The lowest BCUT2D eigenvalue weighted by atomic mass is 10.1. The second kappa shape index (κ2) is 8.93. The van der Waals surface area contributed by atoms with Crippen LogP contribution in [0.3, 0.4) is 0 Å². The van der Waals surface area contributed by atoms with Crippen LogP contribution in [0, 0.1) is 24.5 Å². The Hall–Kier alpha value is -3.13. The number of aryl methyl sites for hydroxylation is 1. The molecule has 8 heteroatoms. The number of hydrogen-bond acceptors (Lipinski definition) is 4. The third kappa shape index (κ3) is 4.96. The van der Waals surface area contributed by atoms with E-state index in [9.17, 15) is 18.4 Å². The van der Waals surface area contributed by atoms with E-state index in [1.165, 1.54) is 10.5 Å². The Morgan fingerprint density at radius 3 is 2.61 bits per heavy atom. The zero-order chi connectivity index (χ0) is 22.0. The number of hydrogen-bond donors (Lipinski definition) is 1. The van der Waals surface area contributed by atoms with Gasteiger partial charge in [-0.25, -0.2) is 13.8 Å². The van der Waals surface area contributed by atoms with Gasteiger partial charge >= 0.3 is 0 Å². The van der Waals surface area contributed by atoms with E-state index in [-0.39, 0.29) is 30.5 Å². The van der Waals surface area contributed by atoms with Crippen LogP contribution in [0.5, 0.6) is 0 Å². The van der Waals surface area contributed by atoms with Crippen molar-refractivity contribution >= 4 is 28.8 Å². The highest BCUT2D eigenvalue weighted by Crippen LogP contribution is 2.27. The van der Waals surface area contributed by atoms with Crippen molar-refractivity contribution in [3.63, 3.8) is 0 Å². The van der Waals surface area contributed by atoms with E-state index < -0.39 is 17.6 Å². The molecule has 5 nitrogen and oxygen atoms in total. The summed E-state index contributed by atoms with van der Waals surface area (Å²) in [4.78, 5) is 30.6. The number of anilines is 1. The van der Waals surface area contributed by atoms with Crippen LogP contribution in [0.2, 0.25) is 0 Å². The first-order chi connectivity index (χ1) is 14.9. The van der Waals surface area contributed by atoms with Crippen LogP contribution < -0.4 is 10.2 Å². The molecule has 1 aromatic heterocycles. The number of rotatable bonds is 6. The molecular formula is C23H21F2N3O2S. The Kier molecular flexibility index (Phi) is 6.08. The average molecular weight is 442 g/mol. The van der Waals surface area contributed by atoms with Crippen LogP contribution >= 0.6 is 11.3 Å². The molecule has 0 spiro atoms. The van der Waals surface area contributed by atoms with Gasteiger partial charge in [0.05, 0.1) is 11.6 Å². The Morgan fingerprint density at radius 1 is 1.19 bits per heavy atom. The second-order valence-electron chi connectivity index (χ2n) is 7.58.